The summed E-state index contributed by atoms with van der Waals surface area (Å²) in [4.78, 5) is 17.0. The fourth-order valence-electron chi connectivity index (χ4n) is 3.12. The van der Waals surface area contributed by atoms with Crippen LogP contribution in [0.5, 0.6) is 0 Å². The molecule has 0 radical (unpaired) electrons. The van der Waals surface area contributed by atoms with E-state index in [4.69, 9.17) is 0 Å². The highest BCUT2D eigenvalue weighted by Crippen LogP contribution is 2.44. The molecule has 1 aromatic heterocycles. The van der Waals surface area contributed by atoms with Gasteiger partial charge in [-0.25, -0.2) is 4.98 Å². The molecule has 1 aromatic rings. The minimum absolute atomic E-state index is 0.157. The summed E-state index contributed by atoms with van der Waals surface area (Å²) in [6.07, 6.45) is 5.04. The average molecular weight is 279 g/mol. The van der Waals surface area contributed by atoms with E-state index in [1.165, 1.54) is 30.7 Å². The molecule has 0 atom stereocenters. The number of rotatable bonds is 2. The number of Topliss-reactive ketones (excluding diaryl/α,β-unsaturated/α-hetero) is 1. The third-order valence-corrected chi connectivity index (χ3v) is 5.85. The van der Waals surface area contributed by atoms with Crippen LogP contribution in [0, 0.1) is 18.3 Å². The van der Waals surface area contributed by atoms with Gasteiger partial charge in [-0.2, -0.15) is 0 Å². The zero-order valence-corrected chi connectivity index (χ0v) is 13.6. The Hall–Kier alpha value is -0.700. The summed E-state index contributed by atoms with van der Waals surface area (Å²) in [5.41, 5.74) is 1.35. The van der Waals surface area contributed by atoms with Crippen LogP contribution >= 0.6 is 11.3 Å². The van der Waals surface area contributed by atoms with Crippen LogP contribution in [0.15, 0.2) is 0 Å². The van der Waals surface area contributed by atoms with Gasteiger partial charge in [0.05, 0.1) is 15.6 Å². The molecular formula is C16H25NOS. The predicted octanol–water partition coefficient (Wildman–Crippen LogP) is 4.97. The lowest BCUT2D eigenvalue weighted by atomic mass is 9.70. The van der Waals surface area contributed by atoms with Gasteiger partial charge in [-0.3, -0.25) is 4.79 Å². The Morgan fingerprint density at radius 3 is 2.21 bits per heavy atom. The number of hydrogen-bond acceptors (Lipinski definition) is 3. The zero-order valence-electron chi connectivity index (χ0n) is 12.7. The van der Waals surface area contributed by atoms with Crippen molar-refractivity contribution in [3.05, 3.63) is 15.6 Å². The highest BCUT2D eigenvalue weighted by atomic mass is 32.1. The van der Waals surface area contributed by atoms with Crippen molar-refractivity contribution in [2.24, 2.45) is 11.3 Å². The van der Waals surface area contributed by atoms with Gasteiger partial charge >= 0.3 is 0 Å². The SMILES string of the molecule is CC(=O)c1sc(C2CCC(C(C)(C)C)CC2)nc1C. The third-order valence-electron chi connectivity index (χ3n) is 4.43. The zero-order chi connectivity index (χ0) is 14.2. The number of thiazole rings is 1. The molecule has 1 fully saturated rings. The van der Waals surface area contributed by atoms with Gasteiger partial charge in [0.15, 0.2) is 5.78 Å². The Balaban J connectivity index is 2.06. The Labute approximate surface area is 120 Å². The molecule has 1 aliphatic carbocycles. The molecule has 1 saturated carbocycles. The maximum atomic E-state index is 11.5. The monoisotopic (exact) mass is 279 g/mol. The van der Waals surface area contributed by atoms with Crippen LogP contribution in [0.3, 0.4) is 0 Å². The Morgan fingerprint density at radius 1 is 1.21 bits per heavy atom. The van der Waals surface area contributed by atoms with Gasteiger partial charge in [-0.05, 0) is 43.9 Å². The van der Waals surface area contributed by atoms with Crippen LogP contribution in [0.2, 0.25) is 0 Å². The van der Waals surface area contributed by atoms with Crippen molar-refractivity contribution in [3.63, 3.8) is 0 Å². The van der Waals surface area contributed by atoms with Crippen molar-refractivity contribution >= 4 is 17.1 Å². The largest absolute Gasteiger partial charge is 0.294 e. The highest BCUT2D eigenvalue weighted by Gasteiger charge is 2.31. The van der Waals surface area contributed by atoms with E-state index in [1.807, 2.05) is 6.92 Å². The van der Waals surface area contributed by atoms with Crippen LogP contribution in [0.1, 0.15) is 79.7 Å². The van der Waals surface area contributed by atoms with Crippen LogP contribution in [-0.4, -0.2) is 10.8 Å². The molecule has 2 nitrogen and oxygen atoms in total. The lowest BCUT2D eigenvalue weighted by molar-refractivity contribution is 0.102. The van der Waals surface area contributed by atoms with E-state index in [-0.39, 0.29) is 5.78 Å². The maximum absolute atomic E-state index is 11.5. The van der Waals surface area contributed by atoms with Crippen LogP contribution in [-0.2, 0) is 0 Å². The van der Waals surface area contributed by atoms with Crippen LogP contribution in [0.25, 0.3) is 0 Å². The lowest BCUT2D eigenvalue weighted by Crippen LogP contribution is -2.25. The van der Waals surface area contributed by atoms with Crippen molar-refractivity contribution < 1.29 is 4.79 Å². The summed E-state index contributed by atoms with van der Waals surface area (Å²) in [7, 11) is 0. The first-order chi connectivity index (χ1) is 8.79. The molecule has 106 valence electrons. The van der Waals surface area contributed by atoms with Crippen molar-refractivity contribution in [2.45, 2.75) is 66.2 Å². The van der Waals surface area contributed by atoms with Crippen molar-refractivity contribution in [3.8, 4) is 0 Å². The van der Waals surface area contributed by atoms with Crippen molar-refractivity contribution in [1.29, 1.82) is 0 Å². The molecule has 0 aromatic carbocycles. The average Bonchev–Trinajstić information content (AvgIpc) is 2.70. The fourth-order valence-corrected chi connectivity index (χ4v) is 4.26. The molecule has 0 amide bonds. The normalized spacial score (nSPS) is 24.5. The van der Waals surface area contributed by atoms with Gasteiger partial charge in [0.1, 0.15) is 0 Å². The second kappa shape index (κ2) is 5.35. The summed E-state index contributed by atoms with van der Waals surface area (Å²) < 4.78 is 0. The predicted molar refractivity (Wildman–Crippen MR) is 81.0 cm³/mol. The van der Waals surface area contributed by atoms with Crippen LogP contribution in [0.4, 0.5) is 0 Å². The first-order valence-corrected chi connectivity index (χ1v) is 8.09. The summed E-state index contributed by atoms with van der Waals surface area (Å²) in [6, 6.07) is 0. The van der Waals surface area contributed by atoms with E-state index in [2.05, 4.69) is 25.8 Å². The topological polar surface area (TPSA) is 30.0 Å². The van der Waals surface area contributed by atoms with Gasteiger partial charge in [0.25, 0.3) is 0 Å². The van der Waals surface area contributed by atoms with Gasteiger partial charge in [0.2, 0.25) is 0 Å². The van der Waals surface area contributed by atoms with E-state index < -0.39 is 0 Å². The van der Waals surface area contributed by atoms with E-state index >= 15 is 0 Å². The molecular weight excluding hydrogens is 254 g/mol. The summed E-state index contributed by atoms with van der Waals surface area (Å²) in [5, 5.41) is 1.19. The molecule has 0 N–H and O–H groups in total. The van der Waals surface area contributed by atoms with E-state index in [0.717, 1.165) is 16.5 Å². The van der Waals surface area contributed by atoms with Crippen molar-refractivity contribution in [1.82, 2.24) is 4.98 Å². The Morgan fingerprint density at radius 2 is 1.79 bits per heavy atom. The van der Waals surface area contributed by atoms with Crippen LogP contribution < -0.4 is 0 Å². The Kier molecular flexibility index (Phi) is 4.14. The molecule has 2 rings (SSSR count). The lowest BCUT2D eigenvalue weighted by Gasteiger charge is -2.36. The van der Waals surface area contributed by atoms with E-state index in [0.29, 0.717) is 11.3 Å². The van der Waals surface area contributed by atoms with Crippen molar-refractivity contribution in [2.75, 3.05) is 0 Å². The standard InChI is InChI=1S/C16H25NOS/c1-10-14(11(2)18)19-15(17-10)12-6-8-13(9-7-12)16(3,4)5/h12-13H,6-9H2,1-5H3. The molecule has 0 aliphatic heterocycles. The molecule has 3 heteroatoms. The number of nitrogens with zero attached hydrogens (tertiary/aromatic N) is 1. The van der Waals surface area contributed by atoms with E-state index in [9.17, 15) is 4.79 Å². The van der Waals surface area contributed by atoms with E-state index in [1.54, 1.807) is 18.3 Å². The van der Waals surface area contributed by atoms with Gasteiger partial charge < -0.3 is 0 Å². The Bertz CT molecular complexity index is 462. The summed E-state index contributed by atoms with van der Waals surface area (Å²) in [6.45, 7) is 10.6. The molecule has 0 bridgehead atoms. The number of aromatic nitrogens is 1. The minimum atomic E-state index is 0.157. The molecule has 1 heterocycles. The molecule has 0 saturated heterocycles. The number of carbonyl (C=O) groups is 1. The quantitative estimate of drug-likeness (QED) is 0.715. The highest BCUT2D eigenvalue weighted by molar-refractivity contribution is 7.13. The third kappa shape index (κ3) is 3.25. The summed E-state index contributed by atoms with van der Waals surface area (Å²) in [5.74, 6) is 1.57. The van der Waals surface area contributed by atoms with Gasteiger partial charge in [-0.15, -0.1) is 11.3 Å². The number of carbonyl (C=O) groups excluding carboxylic acids is 1. The first-order valence-electron chi connectivity index (χ1n) is 7.27. The fraction of sp³-hybridized carbons (Fsp3) is 0.750. The minimum Gasteiger partial charge on any atom is -0.294 e. The smallest absolute Gasteiger partial charge is 0.171 e. The second-order valence-corrected chi connectivity index (χ2v) is 7.97. The summed E-state index contributed by atoms with van der Waals surface area (Å²) >= 11 is 1.62. The van der Waals surface area contributed by atoms with Gasteiger partial charge in [-0.1, -0.05) is 20.8 Å². The maximum Gasteiger partial charge on any atom is 0.171 e. The molecule has 0 unspecified atom stereocenters. The molecule has 19 heavy (non-hydrogen) atoms. The first kappa shape index (κ1) is 14.7. The molecule has 1 aliphatic rings. The second-order valence-electron chi connectivity index (χ2n) is 6.94. The number of ketones is 1. The molecule has 0 spiro atoms. The number of aryl methyl sites for hydroxylation is 1. The number of hydrogen-bond donors (Lipinski definition) is 0. The van der Waals surface area contributed by atoms with Gasteiger partial charge in [0, 0.05) is 12.8 Å².